The van der Waals surface area contributed by atoms with Gasteiger partial charge in [-0.1, -0.05) is 0 Å². The van der Waals surface area contributed by atoms with Crippen LogP contribution in [0.3, 0.4) is 0 Å². The van der Waals surface area contributed by atoms with Crippen LogP contribution in [0.15, 0.2) is 0 Å². The molecular weight excluding hydrogens is 136 g/mol. The minimum atomic E-state index is -0.869. The molecule has 10 heavy (non-hydrogen) atoms. The number of amides is 2. The largest absolute Gasteiger partial charge is 0.375 e. The van der Waals surface area contributed by atoms with Gasteiger partial charge >= 0.3 is 6.03 Å². The summed E-state index contributed by atoms with van der Waals surface area (Å²) < 4.78 is 4.86. The predicted molar refractivity (Wildman–Crippen MR) is 33.1 cm³/mol. The monoisotopic (exact) mass is 146 g/mol. The van der Waals surface area contributed by atoms with Gasteiger partial charge in [0.15, 0.2) is 6.23 Å². The summed E-state index contributed by atoms with van der Waals surface area (Å²) >= 11 is 0. The molecule has 1 rings (SSSR count). The number of carbonyl (C=O) groups excluding carboxylic acids is 1. The van der Waals surface area contributed by atoms with Gasteiger partial charge in [-0.05, 0) is 0 Å². The van der Waals surface area contributed by atoms with Crippen molar-refractivity contribution in [3.05, 3.63) is 0 Å². The van der Waals surface area contributed by atoms with Gasteiger partial charge in [-0.15, -0.1) is 0 Å². The SMILES string of the molecule is NC(=O)N1CCOCC1O. The van der Waals surface area contributed by atoms with Gasteiger partial charge in [-0.3, -0.25) is 4.90 Å². The van der Waals surface area contributed by atoms with Crippen molar-refractivity contribution in [2.45, 2.75) is 6.23 Å². The summed E-state index contributed by atoms with van der Waals surface area (Å²) in [6.45, 7) is 0.972. The molecule has 0 saturated carbocycles. The summed E-state index contributed by atoms with van der Waals surface area (Å²) in [6.07, 6.45) is -0.869. The van der Waals surface area contributed by atoms with E-state index in [1.807, 2.05) is 0 Å². The Bertz CT molecular complexity index is 139. The van der Waals surface area contributed by atoms with E-state index in [2.05, 4.69) is 0 Å². The van der Waals surface area contributed by atoms with Gasteiger partial charge in [0.25, 0.3) is 0 Å². The van der Waals surface area contributed by atoms with Gasteiger partial charge in [0.2, 0.25) is 0 Å². The number of ether oxygens (including phenoxy) is 1. The van der Waals surface area contributed by atoms with E-state index in [0.29, 0.717) is 13.2 Å². The number of carbonyl (C=O) groups is 1. The average molecular weight is 146 g/mol. The fraction of sp³-hybridized carbons (Fsp3) is 0.800. The average Bonchev–Trinajstić information content (AvgIpc) is 1.88. The molecule has 1 aliphatic rings. The lowest BCUT2D eigenvalue weighted by molar-refractivity contribution is -0.0814. The van der Waals surface area contributed by atoms with Crippen molar-refractivity contribution in [3.8, 4) is 0 Å². The molecule has 5 heteroatoms. The second-order valence-electron chi connectivity index (χ2n) is 2.09. The maximum atomic E-state index is 10.5. The van der Waals surface area contributed by atoms with Gasteiger partial charge < -0.3 is 15.6 Å². The highest BCUT2D eigenvalue weighted by molar-refractivity contribution is 5.72. The van der Waals surface area contributed by atoms with E-state index in [4.69, 9.17) is 15.6 Å². The molecule has 0 aliphatic carbocycles. The van der Waals surface area contributed by atoms with Crippen molar-refractivity contribution < 1.29 is 14.6 Å². The quantitative estimate of drug-likeness (QED) is 0.446. The van der Waals surface area contributed by atoms with Crippen LogP contribution in [0.4, 0.5) is 4.79 Å². The third-order valence-electron chi connectivity index (χ3n) is 1.39. The lowest BCUT2D eigenvalue weighted by atomic mass is 10.4. The second-order valence-corrected chi connectivity index (χ2v) is 2.09. The number of urea groups is 1. The Labute approximate surface area is 58.4 Å². The van der Waals surface area contributed by atoms with Crippen LogP contribution in [0.25, 0.3) is 0 Å². The Morgan fingerprint density at radius 3 is 2.90 bits per heavy atom. The normalized spacial score (nSPS) is 26.5. The first-order valence-corrected chi connectivity index (χ1v) is 3.03. The van der Waals surface area contributed by atoms with E-state index in [-0.39, 0.29) is 6.61 Å². The maximum absolute atomic E-state index is 10.5. The van der Waals surface area contributed by atoms with Crippen molar-refractivity contribution >= 4 is 6.03 Å². The van der Waals surface area contributed by atoms with E-state index < -0.39 is 12.3 Å². The van der Waals surface area contributed by atoms with Crippen molar-refractivity contribution in [1.82, 2.24) is 4.90 Å². The van der Waals surface area contributed by atoms with E-state index in [1.54, 1.807) is 0 Å². The van der Waals surface area contributed by atoms with E-state index in [1.165, 1.54) is 4.90 Å². The van der Waals surface area contributed by atoms with Gasteiger partial charge in [-0.2, -0.15) is 0 Å². The minimum Gasteiger partial charge on any atom is -0.375 e. The number of nitrogens with two attached hydrogens (primary N) is 1. The highest BCUT2D eigenvalue weighted by Gasteiger charge is 2.22. The van der Waals surface area contributed by atoms with Crippen LogP contribution in [-0.2, 0) is 4.74 Å². The van der Waals surface area contributed by atoms with Crippen molar-refractivity contribution in [2.24, 2.45) is 5.73 Å². The molecule has 1 unspecified atom stereocenters. The number of aliphatic hydroxyl groups excluding tert-OH is 1. The Balaban J connectivity index is 2.47. The zero-order chi connectivity index (χ0) is 7.56. The standard InChI is InChI=1S/C5H10N2O3/c6-5(9)7-1-2-10-3-4(7)8/h4,8H,1-3H2,(H2,6,9). The molecule has 2 amide bonds. The maximum Gasteiger partial charge on any atom is 0.316 e. The van der Waals surface area contributed by atoms with Crippen LogP contribution in [0.2, 0.25) is 0 Å². The van der Waals surface area contributed by atoms with Gasteiger partial charge in [0.05, 0.1) is 13.2 Å². The molecule has 5 nitrogen and oxygen atoms in total. The van der Waals surface area contributed by atoms with Gasteiger partial charge in [0, 0.05) is 6.54 Å². The molecule has 1 heterocycles. The molecule has 1 atom stereocenters. The predicted octanol–water partition coefficient (Wildman–Crippen LogP) is -1.28. The summed E-state index contributed by atoms with van der Waals surface area (Å²) in [6, 6.07) is -0.601. The zero-order valence-electron chi connectivity index (χ0n) is 5.49. The Kier molecular flexibility index (Phi) is 2.08. The number of hydrogen-bond donors (Lipinski definition) is 2. The highest BCUT2D eigenvalue weighted by Crippen LogP contribution is 2.01. The van der Waals surface area contributed by atoms with E-state index in [0.717, 1.165) is 0 Å². The zero-order valence-corrected chi connectivity index (χ0v) is 5.49. The fourth-order valence-electron chi connectivity index (χ4n) is 0.848. The highest BCUT2D eigenvalue weighted by atomic mass is 16.5. The Hall–Kier alpha value is -0.810. The van der Waals surface area contributed by atoms with E-state index in [9.17, 15) is 4.79 Å². The minimum absolute atomic E-state index is 0.156. The van der Waals surface area contributed by atoms with Crippen LogP contribution in [-0.4, -0.2) is 42.0 Å². The third-order valence-corrected chi connectivity index (χ3v) is 1.39. The second kappa shape index (κ2) is 2.85. The molecule has 0 aromatic carbocycles. The summed E-state index contributed by atoms with van der Waals surface area (Å²) in [5.74, 6) is 0. The number of nitrogens with zero attached hydrogens (tertiary/aromatic N) is 1. The molecule has 0 aromatic rings. The number of morpholine rings is 1. The molecule has 1 aliphatic heterocycles. The first-order chi connectivity index (χ1) is 4.72. The van der Waals surface area contributed by atoms with Crippen LogP contribution in [0, 0.1) is 0 Å². The number of primary amides is 1. The summed E-state index contributed by atoms with van der Waals surface area (Å²) in [4.78, 5) is 11.7. The number of hydrogen-bond acceptors (Lipinski definition) is 3. The van der Waals surface area contributed by atoms with Crippen molar-refractivity contribution in [3.63, 3.8) is 0 Å². The fourth-order valence-corrected chi connectivity index (χ4v) is 0.848. The first-order valence-electron chi connectivity index (χ1n) is 3.03. The lowest BCUT2D eigenvalue weighted by Gasteiger charge is -2.30. The number of rotatable bonds is 0. The number of aliphatic hydroxyl groups is 1. The van der Waals surface area contributed by atoms with Gasteiger partial charge in [-0.25, -0.2) is 4.79 Å². The molecule has 0 radical (unpaired) electrons. The van der Waals surface area contributed by atoms with Crippen molar-refractivity contribution in [2.75, 3.05) is 19.8 Å². The molecule has 1 fully saturated rings. The molecule has 3 N–H and O–H groups in total. The van der Waals surface area contributed by atoms with Crippen molar-refractivity contribution in [1.29, 1.82) is 0 Å². The molecule has 0 spiro atoms. The van der Waals surface area contributed by atoms with Crippen LogP contribution in [0.5, 0.6) is 0 Å². The Morgan fingerprint density at radius 1 is 1.80 bits per heavy atom. The molecule has 0 aromatic heterocycles. The first kappa shape index (κ1) is 7.30. The van der Waals surface area contributed by atoms with Crippen LogP contribution in [0.1, 0.15) is 0 Å². The molecular formula is C5H10N2O3. The summed E-state index contributed by atoms with van der Waals surface area (Å²) in [5.41, 5.74) is 4.93. The van der Waals surface area contributed by atoms with E-state index >= 15 is 0 Å². The summed E-state index contributed by atoms with van der Waals surface area (Å²) in [7, 11) is 0. The topological polar surface area (TPSA) is 75.8 Å². The third kappa shape index (κ3) is 1.37. The lowest BCUT2D eigenvalue weighted by Crippen LogP contribution is -2.50. The van der Waals surface area contributed by atoms with Gasteiger partial charge in [0.1, 0.15) is 0 Å². The molecule has 58 valence electrons. The smallest absolute Gasteiger partial charge is 0.316 e. The summed E-state index contributed by atoms with van der Waals surface area (Å²) in [5, 5.41) is 9.04. The molecule has 1 saturated heterocycles. The Morgan fingerprint density at radius 2 is 2.50 bits per heavy atom. The molecule has 0 bridgehead atoms. The van der Waals surface area contributed by atoms with Crippen LogP contribution < -0.4 is 5.73 Å². The van der Waals surface area contributed by atoms with Crippen LogP contribution >= 0.6 is 0 Å².